The molecular weight excluding hydrogens is 367 g/mol. The summed E-state index contributed by atoms with van der Waals surface area (Å²) in [5, 5.41) is 7.18. The van der Waals surface area contributed by atoms with Crippen LogP contribution in [-0.2, 0) is 15.0 Å². The van der Waals surface area contributed by atoms with E-state index >= 15 is 0 Å². The minimum Gasteiger partial charge on any atom is -0.488 e. The van der Waals surface area contributed by atoms with E-state index in [1.54, 1.807) is 10.9 Å². The maximum atomic E-state index is 12.1. The predicted octanol–water partition coefficient (Wildman–Crippen LogP) is 3.34. The van der Waals surface area contributed by atoms with Crippen molar-refractivity contribution in [3.8, 4) is 5.75 Å². The zero-order chi connectivity index (χ0) is 20.1. The van der Waals surface area contributed by atoms with Crippen LogP contribution >= 0.6 is 0 Å². The minimum absolute atomic E-state index is 0.176. The van der Waals surface area contributed by atoms with E-state index in [0.29, 0.717) is 5.75 Å². The standard InChI is InChI=1S/C17H24F3N3O4/c1-11(26-17(18,19)20)7-25-12-5-21-23(6-12)16-8-15(9-16,10-16)22-13(24)27-14(2,3)4/h5-6,11H,7-10H2,1-4H3,(H,22,24)/t11-,15?,16?/m0/s1. The molecule has 1 aromatic heterocycles. The molecule has 10 heteroatoms. The van der Waals surface area contributed by atoms with Crippen LogP contribution in [0.25, 0.3) is 0 Å². The van der Waals surface area contributed by atoms with E-state index in [1.807, 2.05) is 20.8 Å². The third-order valence-corrected chi connectivity index (χ3v) is 4.63. The monoisotopic (exact) mass is 391 g/mol. The Morgan fingerprint density at radius 3 is 2.52 bits per heavy atom. The van der Waals surface area contributed by atoms with Crippen LogP contribution < -0.4 is 10.1 Å². The maximum absolute atomic E-state index is 12.1. The summed E-state index contributed by atoms with van der Waals surface area (Å²) < 4.78 is 52.6. The summed E-state index contributed by atoms with van der Waals surface area (Å²) >= 11 is 0. The molecule has 1 N–H and O–H groups in total. The van der Waals surface area contributed by atoms with Crippen LogP contribution in [0.5, 0.6) is 5.75 Å². The molecule has 2 bridgehead atoms. The molecule has 1 amide bonds. The summed E-state index contributed by atoms with van der Waals surface area (Å²) in [6, 6.07) is 0. The number of carbonyl (C=O) groups is 1. The molecule has 3 aliphatic rings. The zero-order valence-electron chi connectivity index (χ0n) is 15.7. The molecule has 3 saturated carbocycles. The SMILES string of the molecule is C[C@@H](COc1cnn(C23CC(NC(=O)OC(C)(C)C)(C2)C3)c1)OC(F)(F)F. The number of hydrogen-bond acceptors (Lipinski definition) is 5. The van der Waals surface area contributed by atoms with Crippen molar-refractivity contribution in [3.05, 3.63) is 12.4 Å². The number of alkyl halides is 3. The molecule has 0 aromatic carbocycles. The van der Waals surface area contributed by atoms with Gasteiger partial charge in [0.25, 0.3) is 0 Å². The molecule has 0 saturated heterocycles. The number of nitrogens with one attached hydrogen (secondary N) is 1. The van der Waals surface area contributed by atoms with Gasteiger partial charge >= 0.3 is 12.5 Å². The second-order valence-electron chi connectivity index (χ2n) is 8.47. The van der Waals surface area contributed by atoms with Crippen molar-refractivity contribution in [3.63, 3.8) is 0 Å². The van der Waals surface area contributed by atoms with Crippen LogP contribution in [0.4, 0.5) is 18.0 Å². The van der Waals surface area contributed by atoms with Crippen molar-refractivity contribution in [1.29, 1.82) is 0 Å². The maximum Gasteiger partial charge on any atom is 0.522 e. The molecule has 1 aromatic rings. The Morgan fingerprint density at radius 2 is 1.96 bits per heavy atom. The fourth-order valence-electron chi connectivity index (χ4n) is 3.75. The number of alkyl carbamates (subject to hydrolysis) is 1. The first-order valence-corrected chi connectivity index (χ1v) is 8.74. The Kier molecular flexibility index (Phi) is 4.61. The molecule has 0 radical (unpaired) electrons. The van der Waals surface area contributed by atoms with Gasteiger partial charge in [0.2, 0.25) is 0 Å². The Bertz CT molecular complexity index is 691. The number of rotatable bonds is 6. The van der Waals surface area contributed by atoms with E-state index in [9.17, 15) is 18.0 Å². The first-order chi connectivity index (χ1) is 12.3. The van der Waals surface area contributed by atoms with Gasteiger partial charge in [0.1, 0.15) is 12.2 Å². The molecule has 0 unspecified atom stereocenters. The molecule has 0 aliphatic heterocycles. The van der Waals surface area contributed by atoms with E-state index in [1.165, 1.54) is 13.1 Å². The highest BCUT2D eigenvalue weighted by molar-refractivity contribution is 5.70. The summed E-state index contributed by atoms with van der Waals surface area (Å²) in [5.74, 6) is 0.381. The van der Waals surface area contributed by atoms with Crippen LogP contribution in [0.2, 0.25) is 0 Å². The molecule has 7 nitrogen and oxygen atoms in total. The Balaban J connectivity index is 1.47. The largest absolute Gasteiger partial charge is 0.522 e. The van der Waals surface area contributed by atoms with Gasteiger partial charge in [0, 0.05) is 0 Å². The van der Waals surface area contributed by atoms with E-state index in [2.05, 4.69) is 15.2 Å². The predicted molar refractivity (Wildman–Crippen MR) is 88.2 cm³/mol. The lowest BCUT2D eigenvalue weighted by Gasteiger charge is -2.69. The van der Waals surface area contributed by atoms with Crippen molar-refractivity contribution in [2.75, 3.05) is 6.61 Å². The number of nitrogens with zero attached hydrogens (tertiary/aromatic N) is 2. The minimum atomic E-state index is -4.69. The van der Waals surface area contributed by atoms with Crippen molar-refractivity contribution in [2.45, 2.75) is 76.1 Å². The van der Waals surface area contributed by atoms with E-state index in [0.717, 1.165) is 19.3 Å². The van der Waals surface area contributed by atoms with Gasteiger partial charge in [-0.15, -0.1) is 13.2 Å². The van der Waals surface area contributed by atoms with E-state index < -0.39 is 24.2 Å². The summed E-state index contributed by atoms with van der Waals surface area (Å²) in [7, 11) is 0. The fraction of sp³-hybridized carbons (Fsp3) is 0.765. The van der Waals surface area contributed by atoms with Crippen LogP contribution in [0.1, 0.15) is 47.0 Å². The van der Waals surface area contributed by atoms with Crippen molar-refractivity contribution < 1.29 is 32.2 Å². The van der Waals surface area contributed by atoms with Gasteiger partial charge in [-0.3, -0.25) is 9.42 Å². The van der Waals surface area contributed by atoms with Crippen molar-refractivity contribution >= 4 is 6.09 Å². The van der Waals surface area contributed by atoms with E-state index in [4.69, 9.17) is 9.47 Å². The van der Waals surface area contributed by atoms with Gasteiger partial charge in [-0.05, 0) is 47.0 Å². The molecule has 27 heavy (non-hydrogen) atoms. The van der Waals surface area contributed by atoms with Gasteiger partial charge in [-0.2, -0.15) is 5.10 Å². The summed E-state index contributed by atoms with van der Waals surface area (Å²) in [4.78, 5) is 11.9. The van der Waals surface area contributed by atoms with Crippen molar-refractivity contribution in [1.82, 2.24) is 15.1 Å². The lowest BCUT2D eigenvalue weighted by molar-refractivity contribution is -0.342. The van der Waals surface area contributed by atoms with Crippen LogP contribution in [-0.4, -0.2) is 46.1 Å². The van der Waals surface area contributed by atoms with Gasteiger partial charge in [-0.25, -0.2) is 4.79 Å². The van der Waals surface area contributed by atoms with Gasteiger partial charge in [-0.1, -0.05) is 0 Å². The molecule has 152 valence electrons. The molecule has 3 aliphatic carbocycles. The normalized spacial score (nSPS) is 28.0. The summed E-state index contributed by atoms with van der Waals surface area (Å²) in [5.41, 5.74) is -0.985. The fourth-order valence-corrected chi connectivity index (χ4v) is 3.75. The molecular formula is C17H24F3N3O4. The smallest absolute Gasteiger partial charge is 0.488 e. The number of ether oxygens (including phenoxy) is 3. The molecule has 1 atom stereocenters. The highest BCUT2D eigenvalue weighted by Crippen LogP contribution is 2.65. The Hall–Kier alpha value is -1.97. The first-order valence-electron chi connectivity index (χ1n) is 8.74. The summed E-state index contributed by atoms with van der Waals surface area (Å²) in [6.45, 7) is 6.47. The number of aromatic nitrogens is 2. The highest BCUT2D eigenvalue weighted by atomic mass is 19.4. The topological polar surface area (TPSA) is 74.6 Å². The highest BCUT2D eigenvalue weighted by Gasteiger charge is 2.70. The average Bonchev–Trinajstić information content (AvgIpc) is 2.83. The quantitative estimate of drug-likeness (QED) is 0.805. The second kappa shape index (κ2) is 6.29. The molecule has 1 heterocycles. The third-order valence-electron chi connectivity index (χ3n) is 4.63. The molecule has 4 rings (SSSR count). The first kappa shape index (κ1) is 19.8. The van der Waals surface area contributed by atoms with E-state index in [-0.39, 0.29) is 17.7 Å². The lowest BCUT2D eigenvalue weighted by atomic mass is 9.44. The average molecular weight is 391 g/mol. The van der Waals surface area contributed by atoms with Crippen LogP contribution in [0.3, 0.4) is 0 Å². The number of carbonyl (C=O) groups excluding carboxylic acids is 1. The lowest BCUT2D eigenvalue weighted by Crippen LogP contribution is -2.79. The second-order valence-corrected chi connectivity index (χ2v) is 8.47. The van der Waals surface area contributed by atoms with Crippen molar-refractivity contribution in [2.24, 2.45) is 0 Å². The van der Waals surface area contributed by atoms with Gasteiger partial charge < -0.3 is 14.8 Å². The Morgan fingerprint density at radius 1 is 1.33 bits per heavy atom. The number of amides is 1. The zero-order valence-corrected chi connectivity index (χ0v) is 15.7. The van der Waals surface area contributed by atoms with Gasteiger partial charge in [0.15, 0.2) is 5.75 Å². The third kappa shape index (κ3) is 4.48. The summed E-state index contributed by atoms with van der Waals surface area (Å²) in [6.07, 6.45) is -0.918. The van der Waals surface area contributed by atoms with Crippen LogP contribution in [0, 0.1) is 0 Å². The molecule has 3 fully saturated rings. The number of halogens is 3. The number of hydrogen-bond donors (Lipinski definition) is 1. The van der Waals surface area contributed by atoms with Gasteiger partial charge in [0.05, 0.1) is 29.6 Å². The van der Waals surface area contributed by atoms with Crippen LogP contribution in [0.15, 0.2) is 12.4 Å². The Labute approximate surface area is 155 Å². The molecule has 0 spiro atoms.